The lowest BCUT2D eigenvalue weighted by atomic mass is 10.2. The van der Waals surface area contributed by atoms with Crippen LogP contribution < -0.4 is 10.6 Å². The number of H-pyrrole nitrogens is 1. The van der Waals surface area contributed by atoms with Gasteiger partial charge < -0.3 is 5.32 Å². The van der Waals surface area contributed by atoms with E-state index in [1.807, 2.05) is 0 Å². The maximum absolute atomic E-state index is 11.8. The third kappa shape index (κ3) is 3.92. The van der Waals surface area contributed by atoms with Crippen LogP contribution in [0.4, 0.5) is 5.82 Å². The molecule has 2 rings (SSSR count). The lowest BCUT2D eigenvalue weighted by molar-refractivity contribution is 0.0978. The number of amides is 1. The average molecular weight is 315 g/mol. The van der Waals surface area contributed by atoms with Crippen LogP contribution >= 0.6 is 35.4 Å². The van der Waals surface area contributed by atoms with Gasteiger partial charge in [0.15, 0.2) is 10.9 Å². The minimum absolute atomic E-state index is 0.128. The number of benzene rings is 1. The highest BCUT2D eigenvalue weighted by atomic mass is 35.5. The molecule has 0 fully saturated rings. The fourth-order valence-corrected chi connectivity index (χ4v) is 1.76. The predicted octanol–water partition coefficient (Wildman–Crippen LogP) is 2.84. The van der Waals surface area contributed by atoms with E-state index in [0.29, 0.717) is 21.6 Å². The molecule has 0 saturated carbocycles. The molecule has 98 valence electrons. The molecule has 1 aromatic heterocycles. The van der Waals surface area contributed by atoms with Gasteiger partial charge in [-0.15, -0.1) is 0 Å². The number of nitrogens with one attached hydrogen (secondary N) is 3. The maximum atomic E-state index is 11.8. The van der Waals surface area contributed by atoms with Crippen LogP contribution in [-0.2, 0) is 0 Å². The Bertz CT molecular complexity index is 611. The van der Waals surface area contributed by atoms with Gasteiger partial charge >= 0.3 is 0 Å². The number of nitrogens with zero attached hydrogens (tertiary/aromatic N) is 1. The lowest BCUT2D eigenvalue weighted by Crippen LogP contribution is -2.34. The lowest BCUT2D eigenvalue weighted by Gasteiger charge is -2.07. The summed E-state index contributed by atoms with van der Waals surface area (Å²) in [4.78, 5) is 11.8. The minimum atomic E-state index is -0.337. The number of hydrogen-bond donors (Lipinski definition) is 3. The second-order valence-corrected chi connectivity index (χ2v) is 4.77. The Morgan fingerprint density at radius 1 is 1.26 bits per heavy atom. The molecule has 1 amide bonds. The van der Waals surface area contributed by atoms with E-state index in [-0.39, 0.29) is 11.0 Å². The van der Waals surface area contributed by atoms with E-state index in [1.54, 1.807) is 30.3 Å². The summed E-state index contributed by atoms with van der Waals surface area (Å²) in [5.41, 5.74) is 0.452. The molecule has 0 bridgehead atoms. The SMILES string of the molecule is O=C(NC(=S)Nc1cc(Cl)[nH]n1)c1ccc(Cl)cc1. The number of rotatable bonds is 2. The molecule has 1 heterocycles. The van der Waals surface area contributed by atoms with Crippen LogP contribution in [0.1, 0.15) is 10.4 Å². The van der Waals surface area contributed by atoms with Gasteiger partial charge in [-0.2, -0.15) is 5.10 Å². The summed E-state index contributed by atoms with van der Waals surface area (Å²) in [7, 11) is 0. The zero-order valence-corrected chi connectivity index (χ0v) is 11.7. The van der Waals surface area contributed by atoms with E-state index in [4.69, 9.17) is 35.4 Å². The molecule has 0 aliphatic carbocycles. The second-order valence-electron chi connectivity index (χ2n) is 3.52. The van der Waals surface area contributed by atoms with Gasteiger partial charge in [0.25, 0.3) is 5.91 Å². The fraction of sp³-hybridized carbons (Fsp3) is 0. The Labute approximate surface area is 124 Å². The fourth-order valence-electron chi connectivity index (χ4n) is 1.29. The van der Waals surface area contributed by atoms with Crippen LogP contribution in [0.2, 0.25) is 10.2 Å². The highest BCUT2D eigenvalue weighted by molar-refractivity contribution is 7.80. The van der Waals surface area contributed by atoms with Crippen molar-refractivity contribution in [2.24, 2.45) is 0 Å². The van der Waals surface area contributed by atoms with Crippen molar-refractivity contribution in [3.05, 3.63) is 46.1 Å². The van der Waals surface area contributed by atoms with E-state index in [2.05, 4.69) is 20.8 Å². The maximum Gasteiger partial charge on any atom is 0.257 e. The predicted molar refractivity (Wildman–Crippen MR) is 78.7 cm³/mol. The van der Waals surface area contributed by atoms with Crippen molar-refractivity contribution in [2.75, 3.05) is 5.32 Å². The molecule has 0 saturated heterocycles. The number of thiocarbonyl (C=S) groups is 1. The molecular formula is C11H8Cl2N4OS. The summed E-state index contributed by atoms with van der Waals surface area (Å²) >= 11 is 16.4. The monoisotopic (exact) mass is 314 g/mol. The normalized spacial score (nSPS) is 10.0. The number of anilines is 1. The molecular weight excluding hydrogens is 307 g/mol. The highest BCUT2D eigenvalue weighted by Crippen LogP contribution is 2.11. The first kappa shape index (κ1) is 13.8. The highest BCUT2D eigenvalue weighted by Gasteiger charge is 2.08. The Balaban J connectivity index is 1.95. The van der Waals surface area contributed by atoms with Crippen LogP contribution in [0.5, 0.6) is 0 Å². The van der Waals surface area contributed by atoms with Gasteiger partial charge in [-0.3, -0.25) is 15.2 Å². The van der Waals surface area contributed by atoms with E-state index in [0.717, 1.165) is 0 Å². The van der Waals surface area contributed by atoms with Crippen molar-refractivity contribution in [1.29, 1.82) is 0 Å². The van der Waals surface area contributed by atoms with Crippen molar-refractivity contribution in [3.63, 3.8) is 0 Å². The first-order chi connectivity index (χ1) is 9.04. The number of carbonyl (C=O) groups is 1. The molecule has 0 aliphatic heterocycles. The minimum Gasteiger partial charge on any atom is -0.316 e. The molecule has 1 aromatic carbocycles. The third-order valence-corrected chi connectivity index (χ3v) is 2.77. The number of hydrogen-bond acceptors (Lipinski definition) is 3. The van der Waals surface area contributed by atoms with Gasteiger partial charge in [0, 0.05) is 16.7 Å². The zero-order valence-electron chi connectivity index (χ0n) is 9.41. The van der Waals surface area contributed by atoms with Crippen LogP contribution in [-0.4, -0.2) is 21.2 Å². The Hall–Kier alpha value is -1.63. The van der Waals surface area contributed by atoms with Crippen LogP contribution in [0.3, 0.4) is 0 Å². The van der Waals surface area contributed by atoms with Gasteiger partial charge in [-0.25, -0.2) is 0 Å². The number of carbonyl (C=O) groups excluding carboxylic acids is 1. The Morgan fingerprint density at radius 3 is 2.53 bits per heavy atom. The van der Waals surface area contributed by atoms with Gasteiger partial charge in [-0.05, 0) is 36.5 Å². The summed E-state index contributed by atoms with van der Waals surface area (Å²) in [6.45, 7) is 0. The van der Waals surface area contributed by atoms with E-state index in [1.165, 1.54) is 0 Å². The summed E-state index contributed by atoms with van der Waals surface area (Å²) in [5.74, 6) is 0.0854. The molecule has 0 atom stereocenters. The third-order valence-electron chi connectivity index (χ3n) is 2.12. The molecule has 19 heavy (non-hydrogen) atoms. The Kier molecular flexibility index (Phi) is 4.36. The van der Waals surface area contributed by atoms with Crippen molar-refractivity contribution >= 4 is 52.3 Å². The molecule has 0 spiro atoms. The van der Waals surface area contributed by atoms with Crippen LogP contribution in [0.25, 0.3) is 0 Å². The largest absolute Gasteiger partial charge is 0.316 e. The summed E-state index contributed by atoms with van der Waals surface area (Å²) in [5, 5.41) is 12.6. The summed E-state index contributed by atoms with van der Waals surface area (Å²) in [6.07, 6.45) is 0. The van der Waals surface area contributed by atoms with Crippen molar-refractivity contribution in [2.45, 2.75) is 0 Å². The quantitative estimate of drug-likeness (QED) is 0.745. The van der Waals surface area contributed by atoms with Gasteiger partial charge in [0.2, 0.25) is 0 Å². The Morgan fingerprint density at radius 2 is 1.95 bits per heavy atom. The standard InChI is InChI=1S/C11H8Cl2N4OS/c12-7-3-1-6(2-4-7)10(18)15-11(19)14-9-5-8(13)16-17-9/h1-5H,(H3,14,15,16,17,18,19). The second kappa shape index (κ2) is 6.01. The molecule has 3 N–H and O–H groups in total. The molecule has 5 nitrogen and oxygen atoms in total. The van der Waals surface area contributed by atoms with Crippen molar-refractivity contribution in [3.8, 4) is 0 Å². The molecule has 8 heteroatoms. The van der Waals surface area contributed by atoms with E-state index < -0.39 is 0 Å². The molecule has 0 unspecified atom stereocenters. The molecule has 0 aliphatic rings. The van der Waals surface area contributed by atoms with Gasteiger partial charge in [0.1, 0.15) is 5.15 Å². The van der Waals surface area contributed by atoms with Crippen LogP contribution in [0, 0.1) is 0 Å². The van der Waals surface area contributed by atoms with Gasteiger partial charge in [0.05, 0.1) is 0 Å². The topological polar surface area (TPSA) is 69.8 Å². The number of aromatic amines is 1. The molecule has 0 radical (unpaired) electrons. The van der Waals surface area contributed by atoms with E-state index >= 15 is 0 Å². The molecule has 2 aromatic rings. The zero-order chi connectivity index (χ0) is 13.8. The first-order valence-electron chi connectivity index (χ1n) is 5.13. The van der Waals surface area contributed by atoms with Gasteiger partial charge in [-0.1, -0.05) is 23.2 Å². The summed E-state index contributed by atoms with van der Waals surface area (Å²) < 4.78 is 0. The first-order valence-corrected chi connectivity index (χ1v) is 6.30. The van der Waals surface area contributed by atoms with Crippen molar-refractivity contribution in [1.82, 2.24) is 15.5 Å². The van der Waals surface area contributed by atoms with Crippen LogP contribution in [0.15, 0.2) is 30.3 Å². The van der Waals surface area contributed by atoms with E-state index in [9.17, 15) is 4.79 Å². The number of aromatic nitrogens is 2. The average Bonchev–Trinajstić information content (AvgIpc) is 2.75. The smallest absolute Gasteiger partial charge is 0.257 e. The number of halogens is 2. The summed E-state index contributed by atoms with van der Waals surface area (Å²) in [6, 6.07) is 8.00. The van der Waals surface area contributed by atoms with Crippen molar-refractivity contribution < 1.29 is 4.79 Å².